The van der Waals surface area contributed by atoms with Crippen LogP contribution in [0.15, 0.2) is 0 Å². The van der Waals surface area contributed by atoms with Gasteiger partial charge in [-0.1, -0.05) is 0 Å². The van der Waals surface area contributed by atoms with E-state index in [0.717, 1.165) is 37.0 Å². The van der Waals surface area contributed by atoms with Gasteiger partial charge in [-0.15, -0.1) is 0 Å². The predicted octanol–water partition coefficient (Wildman–Crippen LogP) is -1.58. The SMILES string of the molecule is C[N+](C)(C)CCO.O=C([O-])C1CCNCC1. The Kier molecular flexibility index (Phi) is 7.29. The Bertz CT molecular complexity index is 196. The molecule has 16 heavy (non-hydrogen) atoms. The molecular weight excluding hydrogens is 208 g/mol. The maximum atomic E-state index is 10.2. The van der Waals surface area contributed by atoms with Crippen molar-refractivity contribution in [1.82, 2.24) is 5.32 Å². The number of carbonyl (C=O) groups is 1. The fourth-order valence-electron chi connectivity index (χ4n) is 1.36. The molecule has 1 fully saturated rings. The molecule has 0 aromatic carbocycles. The number of aliphatic carboxylic acids is 1. The van der Waals surface area contributed by atoms with Crippen molar-refractivity contribution in [2.45, 2.75) is 12.8 Å². The number of carboxylic acids is 1. The monoisotopic (exact) mass is 232 g/mol. The Labute approximate surface area is 97.7 Å². The minimum atomic E-state index is -0.892. The van der Waals surface area contributed by atoms with Gasteiger partial charge < -0.3 is 24.8 Å². The first-order valence-corrected chi connectivity index (χ1v) is 5.69. The summed E-state index contributed by atoms with van der Waals surface area (Å²) in [5.74, 6) is -1.09. The molecule has 1 aliphatic rings. The van der Waals surface area contributed by atoms with E-state index in [4.69, 9.17) is 5.11 Å². The molecule has 5 nitrogen and oxygen atoms in total. The van der Waals surface area contributed by atoms with Gasteiger partial charge >= 0.3 is 0 Å². The number of hydrogen-bond donors (Lipinski definition) is 2. The molecule has 1 saturated heterocycles. The first-order valence-electron chi connectivity index (χ1n) is 5.69. The van der Waals surface area contributed by atoms with Gasteiger partial charge in [0.1, 0.15) is 6.54 Å². The van der Waals surface area contributed by atoms with Crippen LogP contribution >= 0.6 is 0 Å². The number of piperidine rings is 1. The zero-order chi connectivity index (χ0) is 12.6. The molecule has 0 aromatic rings. The van der Waals surface area contributed by atoms with Gasteiger partial charge in [-0.25, -0.2) is 0 Å². The highest BCUT2D eigenvalue weighted by molar-refractivity contribution is 5.67. The maximum Gasteiger partial charge on any atom is 0.101 e. The fraction of sp³-hybridized carbons (Fsp3) is 0.909. The number of nitrogens with zero attached hydrogens (tertiary/aromatic N) is 1. The van der Waals surface area contributed by atoms with Crippen LogP contribution in [0.4, 0.5) is 0 Å². The molecule has 5 heteroatoms. The normalized spacial score (nSPS) is 17.5. The van der Waals surface area contributed by atoms with Crippen LogP contribution in [0.1, 0.15) is 12.8 Å². The molecule has 0 atom stereocenters. The molecule has 0 bridgehead atoms. The van der Waals surface area contributed by atoms with Gasteiger partial charge in [0.25, 0.3) is 0 Å². The number of carboxylic acid groups (broad SMARTS) is 1. The second-order valence-corrected chi connectivity index (χ2v) is 5.08. The van der Waals surface area contributed by atoms with Crippen molar-refractivity contribution in [3.63, 3.8) is 0 Å². The number of likely N-dealkylation sites (N-methyl/N-ethyl adjacent to an activating group) is 1. The molecule has 2 N–H and O–H groups in total. The molecule has 1 aliphatic heterocycles. The Hall–Kier alpha value is -0.650. The van der Waals surface area contributed by atoms with Crippen molar-refractivity contribution in [3.8, 4) is 0 Å². The van der Waals surface area contributed by atoms with E-state index in [0.29, 0.717) is 0 Å². The number of aliphatic hydroxyl groups excluding tert-OH is 1. The fourth-order valence-corrected chi connectivity index (χ4v) is 1.36. The molecule has 0 radical (unpaired) electrons. The standard InChI is InChI=1S/C6H11NO2.C5H14NO/c8-6(9)5-1-3-7-4-2-5;1-6(2,3)4-5-7/h5,7H,1-4H2,(H,8,9);7H,4-5H2,1-3H3/q;+1/p-1. The van der Waals surface area contributed by atoms with Crippen molar-refractivity contribution < 1.29 is 19.5 Å². The van der Waals surface area contributed by atoms with Crippen LogP contribution in [0.2, 0.25) is 0 Å². The molecule has 1 rings (SSSR count). The van der Waals surface area contributed by atoms with E-state index < -0.39 is 5.97 Å². The number of carbonyl (C=O) groups excluding carboxylic acids is 1. The van der Waals surface area contributed by atoms with Gasteiger partial charge in [-0.2, -0.15) is 0 Å². The third-order valence-electron chi connectivity index (χ3n) is 2.44. The Morgan fingerprint density at radius 3 is 2.06 bits per heavy atom. The van der Waals surface area contributed by atoms with E-state index in [-0.39, 0.29) is 12.5 Å². The summed E-state index contributed by atoms with van der Waals surface area (Å²) in [5, 5.41) is 21.7. The van der Waals surface area contributed by atoms with Crippen LogP contribution in [0, 0.1) is 5.92 Å². The van der Waals surface area contributed by atoms with Gasteiger partial charge in [0, 0.05) is 11.9 Å². The smallest absolute Gasteiger partial charge is 0.101 e. The summed E-state index contributed by atoms with van der Waals surface area (Å²) in [5.41, 5.74) is 0. The van der Waals surface area contributed by atoms with E-state index in [2.05, 4.69) is 26.5 Å². The van der Waals surface area contributed by atoms with Gasteiger partial charge in [0.2, 0.25) is 0 Å². The third kappa shape index (κ3) is 8.64. The maximum absolute atomic E-state index is 10.2. The summed E-state index contributed by atoms with van der Waals surface area (Å²) >= 11 is 0. The van der Waals surface area contributed by atoms with Crippen LogP contribution in [0.5, 0.6) is 0 Å². The van der Waals surface area contributed by atoms with E-state index in [9.17, 15) is 9.90 Å². The lowest BCUT2D eigenvalue weighted by molar-refractivity contribution is -0.870. The minimum absolute atomic E-state index is 0.203. The molecule has 0 aliphatic carbocycles. The topological polar surface area (TPSA) is 72.4 Å². The molecule has 1 heterocycles. The number of hydrogen-bond acceptors (Lipinski definition) is 4. The van der Waals surface area contributed by atoms with E-state index in [1.807, 2.05) is 0 Å². The number of nitrogens with one attached hydrogen (secondary N) is 1. The average Bonchev–Trinajstić information content (AvgIpc) is 2.18. The first-order chi connectivity index (χ1) is 7.37. The van der Waals surface area contributed by atoms with Crippen molar-refractivity contribution in [2.75, 3.05) is 47.4 Å². The number of aliphatic hydroxyl groups is 1. The van der Waals surface area contributed by atoms with Gasteiger partial charge in [0.05, 0.1) is 27.7 Å². The summed E-state index contributed by atoms with van der Waals surface area (Å²) in [6.07, 6.45) is 1.45. The molecular formula is C11H24N2O3. The zero-order valence-corrected chi connectivity index (χ0v) is 10.5. The lowest BCUT2D eigenvalue weighted by Crippen LogP contribution is -2.38. The van der Waals surface area contributed by atoms with Gasteiger partial charge in [-0.05, 0) is 25.9 Å². The Balaban J connectivity index is 0.000000293. The first kappa shape index (κ1) is 15.3. The van der Waals surface area contributed by atoms with Crippen LogP contribution in [-0.4, -0.2) is 62.9 Å². The second-order valence-electron chi connectivity index (χ2n) is 5.08. The Morgan fingerprint density at radius 2 is 1.88 bits per heavy atom. The van der Waals surface area contributed by atoms with Gasteiger partial charge in [0.15, 0.2) is 0 Å². The van der Waals surface area contributed by atoms with Gasteiger partial charge in [-0.3, -0.25) is 0 Å². The molecule has 0 saturated carbocycles. The summed E-state index contributed by atoms with van der Waals surface area (Å²) in [4.78, 5) is 10.2. The van der Waals surface area contributed by atoms with Crippen LogP contribution in [0.25, 0.3) is 0 Å². The van der Waals surface area contributed by atoms with Crippen LogP contribution < -0.4 is 10.4 Å². The van der Waals surface area contributed by atoms with Crippen molar-refractivity contribution in [3.05, 3.63) is 0 Å². The molecule has 0 spiro atoms. The summed E-state index contributed by atoms with van der Waals surface area (Å²) in [6.45, 7) is 2.75. The largest absolute Gasteiger partial charge is 0.550 e. The summed E-state index contributed by atoms with van der Waals surface area (Å²) < 4.78 is 0.844. The number of rotatable bonds is 3. The molecule has 0 amide bonds. The highest BCUT2D eigenvalue weighted by Gasteiger charge is 2.12. The van der Waals surface area contributed by atoms with E-state index in [1.165, 1.54) is 0 Å². The summed E-state index contributed by atoms with van der Waals surface area (Å²) in [6, 6.07) is 0. The molecule has 0 aromatic heterocycles. The summed E-state index contributed by atoms with van der Waals surface area (Å²) in [7, 11) is 6.16. The Morgan fingerprint density at radius 1 is 1.38 bits per heavy atom. The number of quaternary nitrogens is 1. The van der Waals surface area contributed by atoms with Crippen molar-refractivity contribution in [1.29, 1.82) is 0 Å². The average molecular weight is 232 g/mol. The minimum Gasteiger partial charge on any atom is -0.550 e. The lowest BCUT2D eigenvalue weighted by atomic mass is 9.99. The quantitative estimate of drug-likeness (QED) is 0.576. The van der Waals surface area contributed by atoms with Crippen molar-refractivity contribution in [2.24, 2.45) is 5.92 Å². The van der Waals surface area contributed by atoms with E-state index >= 15 is 0 Å². The van der Waals surface area contributed by atoms with E-state index in [1.54, 1.807) is 0 Å². The third-order valence-corrected chi connectivity index (χ3v) is 2.44. The van der Waals surface area contributed by atoms with Crippen LogP contribution in [0.3, 0.4) is 0 Å². The predicted molar refractivity (Wildman–Crippen MR) is 60.6 cm³/mol. The zero-order valence-electron chi connectivity index (χ0n) is 10.5. The molecule has 96 valence electrons. The van der Waals surface area contributed by atoms with Crippen molar-refractivity contribution >= 4 is 5.97 Å². The highest BCUT2D eigenvalue weighted by Crippen LogP contribution is 2.09. The highest BCUT2D eigenvalue weighted by atomic mass is 16.4. The second kappa shape index (κ2) is 7.60. The lowest BCUT2D eigenvalue weighted by Gasteiger charge is -2.22. The molecule has 0 unspecified atom stereocenters. The van der Waals surface area contributed by atoms with Crippen LogP contribution in [-0.2, 0) is 4.79 Å².